The van der Waals surface area contributed by atoms with Crippen LogP contribution >= 0.6 is 0 Å². The van der Waals surface area contributed by atoms with E-state index in [1.807, 2.05) is 0 Å². The van der Waals surface area contributed by atoms with Gasteiger partial charge in [-0.15, -0.1) is 0 Å². The first kappa shape index (κ1) is 17.0. The molecule has 1 aliphatic rings. The first-order chi connectivity index (χ1) is 11.6. The van der Waals surface area contributed by atoms with Crippen molar-refractivity contribution >= 4 is 10.0 Å². The van der Waals surface area contributed by atoms with Crippen molar-refractivity contribution in [1.29, 1.82) is 0 Å². The zero-order valence-electron chi connectivity index (χ0n) is 13.2. The zero-order chi connectivity index (χ0) is 17.0. The summed E-state index contributed by atoms with van der Waals surface area (Å²) in [5.41, 5.74) is 0.909. The molecule has 24 heavy (non-hydrogen) atoms. The molecule has 1 N–H and O–H groups in total. The number of likely N-dealkylation sites (tertiary alicyclic amines) is 1. The molecule has 1 atom stereocenters. The fraction of sp³-hybridized carbons (Fsp3) is 0.353. The second-order valence-electron chi connectivity index (χ2n) is 5.85. The van der Waals surface area contributed by atoms with Crippen molar-refractivity contribution in [1.82, 2.24) is 14.6 Å². The molecule has 1 aliphatic heterocycles. The molecule has 5 nitrogen and oxygen atoms in total. The Labute approximate surface area is 141 Å². The summed E-state index contributed by atoms with van der Waals surface area (Å²) in [5, 5.41) is 0. The van der Waals surface area contributed by atoms with Gasteiger partial charge in [0.05, 0.1) is 0 Å². The van der Waals surface area contributed by atoms with Crippen LogP contribution in [-0.2, 0) is 10.0 Å². The Bertz CT molecular complexity index is 760. The first-order valence-electron chi connectivity index (χ1n) is 7.95. The van der Waals surface area contributed by atoms with Gasteiger partial charge in [0.15, 0.2) is 0 Å². The lowest BCUT2D eigenvalue weighted by Gasteiger charge is -2.28. The number of rotatable bonds is 6. The molecule has 1 aromatic carbocycles. The van der Waals surface area contributed by atoms with E-state index < -0.39 is 10.0 Å². The number of aromatic nitrogens is 1. The number of pyridine rings is 1. The van der Waals surface area contributed by atoms with Gasteiger partial charge in [-0.25, -0.2) is 17.5 Å². The normalized spacial score (nSPS) is 17.0. The van der Waals surface area contributed by atoms with Crippen molar-refractivity contribution in [3.05, 3.63) is 60.2 Å². The van der Waals surface area contributed by atoms with E-state index in [1.165, 1.54) is 30.6 Å². The van der Waals surface area contributed by atoms with Gasteiger partial charge < -0.3 is 0 Å². The minimum absolute atomic E-state index is 0.112. The average Bonchev–Trinajstić information content (AvgIpc) is 3.12. The van der Waals surface area contributed by atoms with Gasteiger partial charge >= 0.3 is 0 Å². The van der Waals surface area contributed by atoms with Crippen molar-refractivity contribution < 1.29 is 12.8 Å². The SMILES string of the molecule is O=S(=O)(NCC(c1ccc(F)cc1)N1CCCC1)c1cccnc1. The van der Waals surface area contributed by atoms with Gasteiger partial charge in [0, 0.05) is 25.0 Å². The van der Waals surface area contributed by atoms with Crippen LogP contribution in [0.2, 0.25) is 0 Å². The van der Waals surface area contributed by atoms with E-state index >= 15 is 0 Å². The predicted molar refractivity (Wildman–Crippen MR) is 89.4 cm³/mol. The van der Waals surface area contributed by atoms with Crippen LogP contribution in [-0.4, -0.2) is 37.9 Å². The standard InChI is InChI=1S/C17H20FN3O2S/c18-15-7-5-14(6-8-15)17(21-10-1-2-11-21)13-20-24(22,23)16-4-3-9-19-12-16/h3-9,12,17,20H,1-2,10-11,13H2. The molecule has 2 aromatic rings. The number of benzene rings is 1. The Kier molecular flexibility index (Phi) is 5.23. The minimum Gasteiger partial charge on any atom is -0.295 e. The molecule has 0 radical (unpaired) electrons. The van der Waals surface area contributed by atoms with Gasteiger partial charge in [-0.1, -0.05) is 12.1 Å². The van der Waals surface area contributed by atoms with E-state index in [0.717, 1.165) is 31.5 Å². The van der Waals surface area contributed by atoms with E-state index in [4.69, 9.17) is 0 Å². The maximum atomic E-state index is 13.2. The molecule has 1 saturated heterocycles. The number of hydrogen-bond donors (Lipinski definition) is 1. The quantitative estimate of drug-likeness (QED) is 0.869. The van der Waals surface area contributed by atoms with Crippen LogP contribution in [0.4, 0.5) is 4.39 Å². The molecule has 7 heteroatoms. The molecule has 3 rings (SSSR count). The summed E-state index contributed by atoms with van der Waals surface area (Å²) in [4.78, 5) is 6.23. The Morgan fingerprint density at radius 2 is 1.88 bits per heavy atom. The van der Waals surface area contributed by atoms with E-state index in [1.54, 1.807) is 18.2 Å². The highest BCUT2D eigenvalue weighted by Crippen LogP contribution is 2.25. The third-order valence-electron chi connectivity index (χ3n) is 4.25. The molecule has 1 fully saturated rings. The van der Waals surface area contributed by atoms with Crippen LogP contribution in [0.15, 0.2) is 53.7 Å². The van der Waals surface area contributed by atoms with E-state index in [2.05, 4.69) is 14.6 Å². The van der Waals surface area contributed by atoms with Crippen LogP contribution in [0.3, 0.4) is 0 Å². The fourth-order valence-electron chi connectivity index (χ4n) is 2.97. The highest BCUT2D eigenvalue weighted by molar-refractivity contribution is 7.89. The Morgan fingerprint density at radius 1 is 1.17 bits per heavy atom. The summed E-state index contributed by atoms with van der Waals surface area (Å²) in [6.45, 7) is 2.07. The molecule has 0 saturated carbocycles. The summed E-state index contributed by atoms with van der Waals surface area (Å²) in [7, 11) is -3.61. The van der Waals surface area contributed by atoms with Crippen molar-refractivity contribution in [2.45, 2.75) is 23.8 Å². The van der Waals surface area contributed by atoms with Crippen molar-refractivity contribution in [2.75, 3.05) is 19.6 Å². The second-order valence-corrected chi connectivity index (χ2v) is 7.62. The largest absolute Gasteiger partial charge is 0.295 e. The predicted octanol–water partition coefficient (Wildman–Crippen LogP) is 2.34. The third kappa shape index (κ3) is 3.98. The van der Waals surface area contributed by atoms with Gasteiger partial charge in [0.1, 0.15) is 10.7 Å². The Morgan fingerprint density at radius 3 is 2.50 bits per heavy atom. The number of nitrogens with zero attached hydrogens (tertiary/aromatic N) is 2. The smallest absolute Gasteiger partial charge is 0.242 e. The van der Waals surface area contributed by atoms with Crippen molar-refractivity contribution in [3.8, 4) is 0 Å². The van der Waals surface area contributed by atoms with Crippen LogP contribution in [0.25, 0.3) is 0 Å². The van der Waals surface area contributed by atoms with Gasteiger partial charge in [-0.3, -0.25) is 9.88 Å². The summed E-state index contributed by atoms with van der Waals surface area (Å²) in [6, 6.07) is 9.25. The second kappa shape index (κ2) is 7.38. The minimum atomic E-state index is -3.61. The van der Waals surface area contributed by atoms with Crippen LogP contribution < -0.4 is 4.72 Å². The average molecular weight is 349 g/mol. The summed E-state index contributed by atoms with van der Waals surface area (Å²) < 4.78 is 40.7. The molecule has 0 amide bonds. The number of sulfonamides is 1. The monoisotopic (exact) mass is 349 g/mol. The maximum absolute atomic E-state index is 13.2. The molecular formula is C17H20FN3O2S. The topological polar surface area (TPSA) is 62.3 Å². The van der Waals surface area contributed by atoms with E-state index in [9.17, 15) is 12.8 Å². The van der Waals surface area contributed by atoms with E-state index in [-0.39, 0.29) is 23.3 Å². The highest BCUT2D eigenvalue weighted by atomic mass is 32.2. The van der Waals surface area contributed by atoms with Gasteiger partial charge in [-0.2, -0.15) is 0 Å². The van der Waals surface area contributed by atoms with Crippen LogP contribution in [0.5, 0.6) is 0 Å². The van der Waals surface area contributed by atoms with Crippen molar-refractivity contribution in [3.63, 3.8) is 0 Å². The molecule has 0 aliphatic carbocycles. The lowest BCUT2D eigenvalue weighted by atomic mass is 10.1. The summed E-state index contributed by atoms with van der Waals surface area (Å²) >= 11 is 0. The maximum Gasteiger partial charge on any atom is 0.242 e. The Hall–Kier alpha value is -1.83. The van der Waals surface area contributed by atoms with Gasteiger partial charge in [0.25, 0.3) is 0 Å². The van der Waals surface area contributed by atoms with Gasteiger partial charge in [0.2, 0.25) is 10.0 Å². The Balaban J connectivity index is 1.78. The molecule has 1 aromatic heterocycles. The lowest BCUT2D eigenvalue weighted by molar-refractivity contribution is 0.246. The molecule has 1 unspecified atom stereocenters. The number of nitrogens with one attached hydrogen (secondary N) is 1. The fourth-order valence-corrected chi connectivity index (χ4v) is 3.98. The van der Waals surface area contributed by atoms with Crippen LogP contribution in [0, 0.1) is 5.82 Å². The molecule has 2 heterocycles. The summed E-state index contributed by atoms with van der Waals surface area (Å²) in [6.07, 6.45) is 5.04. The summed E-state index contributed by atoms with van der Waals surface area (Å²) in [5.74, 6) is -0.296. The molecule has 128 valence electrons. The molecule has 0 spiro atoms. The third-order valence-corrected chi connectivity index (χ3v) is 5.66. The first-order valence-corrected chi connectivity index (χ1v) is 9.44. The van der Waals surface area contributed by atoms with E-state index in [0.29, 0.717) is 0 Å². The molecular weight excluding hydrogens is 329 g/mol. The van der Waals surface area contributed by atoms with Gasteiger partial charge in [-0.05, 0) is 55.8 Å². The lowest BCUT2D eigenvalue weighted by Crippen LogP contribution is -2.36. The molecule has 0 bridgehead atoms. The zero-order valence-corrected chi connectivity index (χ0v) is 14.0. The van der Waals surface area contributed by atoms with Crippen molar-refractivity contribution in [2.24, 2.45) is 0 Å². The van der Waals surface area contributed by atoms with Crippen LogP contribution in [0.1, 0.15) is 24.4 Å². The highest BCUT2D eigenvalue weighted by Gasteiger charge is 2.25. The number of halogens is 1. The number of hydrogen-bond acceptors (Lipinski definition) is 4.